The van der Waals surface area contributed by atoms with Crippen molar-refractivity contribution in [3.8, 4) is 0 Å². The Labute approximate surface area is 277 Å². The maximum atomic E-state index is 12.3. The number of azide groups is 3. The van der Waals surface area contributed by atoms with Gasteiger partial charge in [-0.1, -0.05) is 36.1 Å². The maximum absolute atomic E-state index is 12.3. The van der Waals surface area contributed by atoms with Gasteiger partial charge in [-0.05, 0) is 115 Å². The molecule has 0 aliphatic heterocycles. The number of hydrogen-bond acceptors (Lipinski definition) is 9. The van der Waals surface area contributed by atoms with Gasteiger partial charge in [-0.3, -0.25) is 4.18 Å². The quantitative estimate of drug-likeness (QED) is 0.0578. The molecule has 262 valence electrons. The molecular formula is C31H51N9O6S. The van der Waals surface area contributed by atoms with Gasteiger partial charge in [-0.2, -0.15) is 8.42 Å². The number of rotatable bonds is 15. The second-order valence-electron chi connectivity index (χ2n) is 15.2. The highest BCUT2D eigenvalue weighted by Crippen LogP contribution is 2.72. The Morgan fingerprint density at radius 1 is 0.723 bits per heavy atom. The van der Waals surface area contributed by atoms with Gasteiger partial charge in [0.25, 0.3) is 10.1 Å². The normalized spacial score (nSPS) is 42.3. The van der Waals surface area contributed by atoms with Crippen molar-refractivity contribution in [1.29, 1.82) is 0 Å². The molecule has 5 rings (SSSR count). The van der Waals surface area contributed by atoms with E-state index in [-0.39, 0.29) is 71.5 Å². The summed E-state index contributed by atoms with van der Waals surface area (Å²) in [6, 6.07) is 0. The van der Waals surface area contributed by atoms with Crippen LogP contribution >= 0.6 is 0 Å². The lowest BCUT2D eigenvalue weighted by atomic mass is 9.41. The topological polar surface area (TPSA) is 217 Å². The summed E-state index contributed by atoms with van der Waals surface area (Å²) in [5.74, 6) is 1.38. The lowest BCUT2D eigenvalue weighted by Crippen LogP contribution is -2.65. The van der Waals surface area contributed by atoms with Crippen molar-refractivity contribution < 1.29 is 26.8 Å². The zero-order valence-electron chi connectivity index (χ0n) is 28.2. The van der Waals surface area contributed by atoms with Gasteiger partial charge in [0, 0.05) is 39.8 Å². The van der Waals surface area contributed by atoms with Gasteiger partial charge in [0.15, 0.2) is 0 Å². The molecule has 0 aromatic rings. The van der Waals surface area contributed by atoms with Crippen LogP contribution in [-0.2, 0) is 28.5 Å². The lowest BCUT2D eigenvalue weighted by Gasteiger charge is -2.66. The molecular weight excluding hydrogens is 626 g/mol. The van der Waals surface area contributed by atoms with Crippen LogP contribution in [-0.4, -0.2) is 78.5 Å². The third kappa shape index (κ3) is 7.07. The summed E-state index contributed by atoms with van der Waals surface area (Å²) < 4.78 is 49.9. The van der Waals surface area contributed by atoms with E-state index in [1.54, 1.807) is 0 Å². The van der Waals surface area contributed by atoms with Gasteiger partial charge in [-0.15, -0.1) is 0 Å². The molecule has 0 saturated heterocycles. The summed E-state index contributed by atoms with van der Waals surface area (Å²) in [5.41, 5.74) is 25.9. The minimum atomic E-state index is -3.61. The monoisotopic (exact) mass is 677 g/mol. The van der Waals surface area contributed by atoms with E-state index in [1.165, 1.54) is 0 Å². The first kappa shape index (κ1) is 36.0. The molecule has 2 unspecified atom stereocenters. The average molecular weight is 678 g/mol. The molecule has 0 aromatic carbocycles. The fraction of sp³-hybridized carbons (Fsp3) is 1.00. The first-order chi connectivity index (χ1) is 22.4. The molecule has 0 spiro atoms. The van der Waals surface area contributed by atoms with Gasteiger partial charge >= 0.3 is 0 Å². The number of hydrogen-bond donors (Lipinski definition) is 0. The molecule has 5 fully saturated rings. The highest BCUT2D eigenvalue weighted by atomic mass is 32.2. The summed E-state index contributed by atoms with van der Waals surface area (Å²) in [4.78, 5) is 8.70. The summed E-state index contributed by atoms with van der Waals surface area (Å²) in [7, 11) is -3.61. The highest BCUT2D eigenvalue weighted by molar-refractivity contribution is 7.86. The zero-order valence-corrected chi connectivity index (χ0v) is 29.0. The zero-order chi connectivity index (χ0) is 33.9. The number of ether oxygens (including phenoxy) is 3. The predicted molar refractivity (Wildman–Crippen MR) is 174 cm³/mol. The molecule has 47 heavy (non-hydrogen) atoms. The Hall–Kier alpha value is -2.28. The molecule has 0 bridgehead atoms. The van der Waals surface area contributed by atoms with E-state index in [0.29, 0.717) is 44.6 Å². The number of fused-ring (bicyclic) bond motifs is 5. The van der Waals surface area contributed by atoms with E-state index < -0.39 is 10.1 Å². The Morgan fingerprint density at radius 2 is 1.34 bits per heavy atom. The predicted octanol–water partition coefficient (Wildman–Crippen LogP) is 7.10. The van der Waals surface area contributed by atoms with Crippen molar-refractivity contribution in [3.05, 3.63) is 31.3 Å². The molecule has 5 aliphatic rings. The Morgan fingerprint density at radius 3 is 1.94 bits per heavy atom. The lowest BCUT2D eigenvalue weighted by molar-refractivity contribution is -0.238. The first-order valence-corrected chi connectivity index (χ1v) is 19.0. The minimum absolute atomic E-state index is 0.0293. The van der Waals surface area contributed by atoms with E-state index in [9.17, 15) is 8.42 Å². The van der Waals surface area contributed by atoms with E-state index >= 15 is 0 Å². The van der Waals surface area contributed by atoms with Crippen LogP contribution in [0.4, 0.5) is 0 Å². The van der Waals surface area contributed by atoms with Crippen LogP contribution in [0.25, 0.3) is 31.3 Å². The Balaban J connectivity index is 1.48. The molecule has 5 aliphatic carbocycles. The molecule has 0 aromatic heterocycles. The van der Waals surface area contributed by atoms with Crippen molar-refractivity contribution in [3.63, 3.8) is 0 Å². The summed E-state index contributed by atoms with van der Waals surface area (Å²) in [6.45, 7) is 8.92. The molecule has 16 heteroatoms. The third-order valence-electron chi connectivity index (χ3n) is 13.2. The second-order valence-corrected chi connectivity index (χ2v) is 16.8. The highest BCUT2D eigenvalue weighted by Gasteiger charge is 2.70. The molecule has 0 N–H and O–H groups in total. The van der Waals surface area contributed by atoms with Crippen LogP contribution in [0.2, 0.25) is 0 Å². The SMILES string of the molecule is C[C@]12CCC(OCCN=[N+]=[N-])C[C@H]1C[C@@H](OCCN=[N+]=[N-])[C@@H]1[C@@H]2C[C@H](OCCN=[N+]=[N-])[C@@]2(C)[C@H]1CC[C@@H]2[C@]1(C)CCC1OS(C)(=O)=O. The molecule has 0 amide bonds. The van der Waals surface area contributed by atoms with Crippen LogP contribution in [0, 0.1) is 45.8 Å². The standard InChI is InChI=1S/C31H51N9O6S/c1-29-9-7-21(43-14-11-35-38-32)17-20(29)18-24(44-15-12-36-39-33)28-22-5-6-25(30(2)10-8-26(30)46-47(4,41)42)31(22,3)27(19-23(28)29)45-16-13-37-40-34/h20-28H,5-19H2,1-4H3/t20-,21?,22-,23-,24+,25+,26?,27-,28-,29-,30-,31-/m0/s1. The van der Waals surface area contributed by atoms with Crippen molar-refractivity contribution in [2.45, 2.75) is 103 Å². The van der Waals surface area contributed by atoms with Crippen LogP contribution in [0.1, 0.15) is 78.6 Å². The van der Waals surface area contributed by atoms with Gasteiger partial charge in [0.2, 0.25) is 0 Å². The van der Waals surface area contributed by atoms with E-state index in [2.05, 4.69) is 50.8 Å². The van der Waals surface area contributed by atoms with Crippen molar-refractivity contribution >= 4 is 10.1 Å². The minimum Gasteiger partial charge on any atom is -0.378 e. The van der Waals surface area contributed by atoms with E-state index in [0.717, 1.165) is 57.6 Å². The van der Waals surface area contributed by atoms with Crippen LogP contribution < -0.4 is 0 Å². The first-order valence-electron chi connectivity index (χ1n) is 17.2. The fourth-order valence-electron chi connectivity index (χ4n) is 11.1. The molecule has 15 nitrogen and oxygen atoms in total. The third-order valence-corrected chi connectivity index (χ3v) is 13.8. The van der Waals surface area contributed by atoms with Gasteiger partial charge in [0.1, 0.15) is 0 Å². The molecule has 0 heterocycles. The van der Waals surface area contributed by atoms with Crippen LogP contribution in [0.15, 0.2) is 15.3 Å². The Kier molecular flexibility index (Phi) is 11.2. The van der Waals surface area contributed by atoms with Crippen molar-refractivity contribution in [1.82, 2.24) is 0 Å². The Bertz CT molecular complexity index is 1380. The average Bonchev–Trinajstić information content (AvgIpc) is 3.39. The summed E-state index contributed by atoms with van der Waals surface area (Å²) in [6.07, 6.45) is 8.85. The van der Waals surface area contributed by atoms with Gasteiger partial charge in [-0.25, -0.2) is 0 Å². The largest absolute Gasteiger partial charge is 0.378 e. The summed E-state index contributed by atoms with van der Waals surface area (Å²) in [5, 5.41) is 11.1. The smallest absolute Gasteiger partial charge is 0.264 e. The van der Waals surface area contributed by atoms with Crippen molar-refractivity contribution in [2.24, 2.45) is 61.2 Å². The molecule has 0 radical (unpaired) electrons. The molecule has 5 saturated carbocycles. The fourth-order valence-corrected chi connectivity index (χ4v) is 11.8. The maximum Gasteiger partial charge on any atom is 0.264 e. The summed E-state index contributed by atoms with van der Waals surface area (Å²) >= 11 is 0. The molecule has 12 atom stereocenters. The van der Waals surface area contributed by atoms with E-state index in [1.807, 2.05) is 0 Å². The van der Waals surface area contributed by atoms with Crippen LogP contribution in [0.3, 0.4) is 0 Å². The van der Waals surface area contributed by atoms with Gasteiger partial charge in [0.05, 0.1) is 50.5 Å². The second kappa shape index (κ2) is 14.7. The van der Waals surface area contributed by atoms with E-state index in [4.69, 9.17) is 35.0 Å². The number of nitrogens with zero attached hydrogens (tertiary/aromatic N) is 9. The van der Waals surface area contributed by atoms with Gasteiger partial charge < -0.3 is 14.2 Å². The van der Waals surface area contributed by atoms with Crippen molar-refractivity contribution in [2.75, 3.05) is 45.7 Å². The van der Waals surface area contributed by atoms with Crippen LogP contribution in [0.5, 0.6) is 0 Å².